The molecule has 2 heterocycles. The third-order valence-electron chi connectivity index (χ3n) is 5.29. The maximum Gasteiger partial charge on any atom is 0.239 e. The first-order valence-electron chi connectivity index (χ1n) is 8.92. The molecule has 1 aromatic rings. The van der Waals surface area contributed by atoms with E-state index in [1.54, 1.807) is 0 Å². The van der Waals surface area contributed by atoms with Crippen molar-refractivity contribution in [3.8, 4) is 0 Å². The van der Waals surface area contributed by atoms with E-state index >= 15 is 0 Å². The highest BCUT2D eigenvalue weighted by Crippen LogP contribution is 2.23. The van der Waals surface area contributed by atoms with Gasteiger partial charge in [-0.25, -0.2) is 0 Å². The Morgan fingerprint density at radius 2 is 1.87 bits per heavy atom. The number of benzene rings is 1. The van der Waals surface area contributed by atoms with Gasteiger partial charge in [-0.1, -0.05) is 30.4 Å². The predicted octanol–water partition coefficient (Wildman–Crippen LogP) is 3.31. The highest BCUT2D eigenvalue weighted by Gasteiger charge is 2.29. The third-order valence-corrected chi connectivity index (χ3v) is 5.29. The Morgan fingerprint density at radius 3 is 2.48 bits per heavy atom. The maximum atomic E-state index is 12.4. The summed E-state index contributed by atoms with van der Waals surface area (Å²) in [5, 5.41) is 3.32. The van der Waals surface area contributed by atoms with Crippen molar-refractivity contribution in [1.82, 2.24) is 10.2 Å². The number of likely N-dealkylation sites (tertiary alicyclic amines) is 1. The highest BCUT2D eigenvalue weighted by molar-refractivity contribution is 5.82. The smallest absolute Gasteiger partial charge is 0.239 e. The summed E-state index contributed by atoms with van der Waals surface area (Å²) < 4.78 is 0. The topological polar surface area (TPSA) is 32.3 Å². The van der Waals surface area contributed by atoms with Gasteiger partial charge in [-0.2, -0.15) is 0 Å². The van der Waals surface area contributed by atoms with E-state index in [4.69, 9.17) is 0 Å². The second-order valence-corrected chi connectivity index (χ2v) is 6.98. The Kier molecular flexibility index (Phi) is 5.16. The van der Waals surface area contributed by atoms with E-state index in [0.29, 0.717) is 11.8 Å². The Balaban J connectivity index is 1.55. The molecule has 1 atom stereocenters. The van der Waals surface area contributed by atoms with Crippen molar-refractivity contribution in [3.63, 3.8) is 0 Å². The lowest BCUT2D eigenvalue weighted by molar-refractivity contribution is -0.134. The highest BCUT2D eigenvalue weighted by atomic mass is 16.2. The summed E-state index contributed by atoms with van der Waals surface area (Å²) in [6.07, 6.45) is 8.94. The molecule has 0 bridgehead atoms. The number of amides is 1. The standard InChI is InChI=1S/C20H28N2O/c1-15-5-3-6-16(2)18(15)9-8-17-10-13-22(14-11-17)20(23)19-7-4-12-21-19/h3,5-6,8-9,17,19,21H,4,7,10-14H2,1-2H3/b9-8+/t19-/m0/s1. The van der Waals surface area contributed by atoms with Gasteiger partial charge in [0.05, 0.1) is 6.04 Å². The van der Waals surface area contributed by atoms with Crippen LogP contribution in [0, 0.1) is 19.8 Å². The van der Waals surface area contributed by atoms with Crippen LogP contribution >= 0.6 is 0 Å². The average molecular weight is 312 g/mol. The zero-order chi connectivity index (χ0) is 16.2. The molecule has 1 N–H and O–H groups in total. The van der Waals surface area contributed by atoms with Crippen molar-refractivity contribution in [2.75, 3.05) is 19.6 Å². The second-order valence-electron chi connectivity index (χ2n) is 6.98. The minimum absolute atomic E-state index is 0.0803. The van der Waals surface area contributed by atoms with Crippen molar-refractivity contribution >= 4 is 12.0 Å². The van der Waals surface area contributed by atoms with Crippen molar-refractivity contribution in [2.45, 2.75) is 45.6 Å². The number of rotatable bonds is 3. The lowest BCUT2D eigenvalue weighted by Gasteiger charge is -2.32. The van der Waals surface area contributed by atoms with Crippen LogP contribution in [0.15, 0.2) is 24.3 Å². The summed E-state index contributed by atoms with van der Waals surface area (Å²) in [7, 11) is 0. The van der Waals surface area contributed by atoms with Crippen molar-refractivity contribution in [3.05, 3.63) is 41.0 Å². The Labute approximate surface area is 139 Å². The van der Waals surface area contributed by atoms with E-state index in [-0.39, 0.29) is 6.04 Å². The average Bonchev–Trinajstić information content (AvgIpc) is 3.09. The fourth-order valence-corrected chi connectivity index (χ4v) is 3.75. The minimum Gasteiger partial charge on any atom is -0.341 e. The first kappa shape index (κ1) is 16.3. The number of aryl methyl sites for hydroxylation is 2. The van der Waals surface area contributed by atoms with Gasteiger partial charge < -0.3 is 10.2 Å². The van der Waals surface area contributed by atoms with E-state index in [1.807, 2.05) is 0 Å². The summed E-state index contributed by atoms with van der Waals surface area (Å²) >= 11 is 0. The van der Waals surface area contributed by atoms with Crippen LogP contribution in [-0.2, 0) is 4.79 Å². The van der Waals surface area contributed by atoms with E-state index in [9.17, 15) is 4.79 Å². The van der Waals surface area contributed by atoms with E-state index in [0.717, 1.165) is 45.3 Å². The molecule has 2 aliphatic heterocycles. The van der Waals surface area contributed by atoms with Crippen LogP contribution in [0.5, 0.6) is 0 Å². The molecule has 0 saturated carbocycles. The third kappa shape index (κ3) is 3.84. The number of hydrogen-bond donors (Lipinski definition) is 1. The van der Waals surface area contributed by atoms with Crippen molar-refractivity contribution in [2.24, 2.45) is 5.92 Å². The molecule has 3 rings (SSSR count). The molecule has 0 radical (unpaired) electrons. The van der Waals surface area contributed by atoms with Crippen molar-refractivity contribution in [1.29, 1.82) is 0 Å². The Bertz CT molecular complexity index is 559. The van der Waals surface area contributed by atoms with Crippen LogP contribution in [0.1, 0.15) is 42.4 Å². The van der Waals surface area contributed by atoms with Crippen LogP contribution in [0.4, 0.5) is 0 Å². The molecule has 2 aliphatic rings. The summed E-state index contributed by atoms with van der Waals surface area (Å²) in [4.78, 5) is 14.5. The van der Waals surface area contributed by atoms with E-state index in [1.165, 1.54) is 16.7 Å². The number of carbonyl (C=O) groups is 1. The van der Waals surface area contributed by atoms with Crippen LogP contribution < -0.4 is 5.32 Å². The zero-order valence-electron chi connectivity index (χ0n) is 14.3. The molecule has 3 heteroatoms. The zero-order valence-corrected chi connectivity index (χ0v) is 14.3. The maximum absolute atomic E-state index is 12.4. The fourth-order valence-electron chi connectivity index (χ4n) is 3.75. The largest absolute Gasteiger partial charge is 0.341 e. The molecule has 0 aromatic heterocycles. The molecule has 1 aromatic carbocycles. The SMILES string of the molecule is Cc1cccc(C)c1/C=C/C1CCN(C(=O)[C@@H]2CCCN2)CC1. The monoisotopic (exact) mass is 312 g/mol. The van der Waals surface area contributed by atoms with Gasteiger partial charge in [0, 0.05) is 13.1 Å². The van der Waals surface area contributed by atoms with Gasteiger partial charge in [0.25, 0.3) is 0 Å². The minimum atomic E-state index is 0.0803. The summed E-state index contributed by atoms with van der Waals surface area (Å²) in [5.41, 5.74) is 4.02. The Morgan fingerprint density at radius 1 is 1.17 bits per heavy atom. The normalized spacial score (nSPS) is 22.9. The first-order valence-corrected chi connectivity index (χ1v) is 8.92. The molecule has 0 spiro atoms. The molecule has 23 heavy (non-hydrogen) atoms. The molecule has 124 valence electrons. The van der Waals surface area contributed by atoms with Gasteiger partial charge in [-0.15, -0.1) is 0 Å². The summed E-state index contributed by atoms with van der Waals surface area (Å²) in [5.74, 6) is 0.911. The number of hydrogen-bond acceptors (Lipinski definition) is 2. The second kappa shape index (κ2) is 7.31. The molecule has 2 saturated heterocycles. The predicted molar refractivity (Wildman–Crippen MR) is 95.3 cm³/mol. The molecule has 3 nitrogen and oxygen atoms in total. The molecule has 1 amide bonds. The molecule has 0 aliphatic carbocycles. The van der Waals surface area contributed by atoms with Crippen LogP contribution in [0.25, 0.3) is 6.08 Å². The number of allylic oxidation sites excluding steroid dienone is 1. The van der Waals surface area contributed by atoms with Crippen molar-refractivity contribution < 1.29 is 4.79 Å². The molecule has 2 fully saturated rings. The summed E-state index contributed by atoms with van der Waals surface area (Å²) in [6, 6.07) is 6.53. The summed E-state index contributed by atoms with van der Waals surface area (Å²) in [6.45, 7) is 7.13. The first-order chi connectivity index (χ1) is 11.1. The van der Waals surface area contributed by atoms with Gasteiger partial charge >= 0.3 is 0 Å². The van der Waals surface area contributed by atoms with Gasteiger partial charge in [0.15, 0.2) is 0 Å². The lowest BCUT2D eigenvalue weighted by atomic mass is 9.93. The van der Waals surface area contributed by atoms with E-state index < -0.39 is 0 Å². The van der Waals surface area contributed by atoms with Gasteiger partial charge in [0.1, 0.15) is 0 Å². The van der Waals surface area contributed by atoms with E-state index in [2.05, 4.69) is 54.4 Å². The van der Waals surface area contributed by atoms with Gasteiger partial charge in [-0.05, 0) is 68.7 Å². The number of nitrogens with zero attached hydrogens (tertiary/aromatic N) is 1. The Hall–Kier alpha value is -1.61. The quantitative estimate of drug-likeness (QED) is 0.929. The van der Waals surface area contributed by atoms with Gasteiger partial charge in [-0.3, -0.25) is 4.79 Å². The molecule has 0 unspecified atom stereocenters. The molecular weight excluding hydrogens is 284 g/mol. The number of carbonyl (C=O) groups excluding carboxylic acids is 1. The van der Waals surface area contributed by atoms with Crippen LogP contribution in [-0.4, -0.2) is 36.5 Å². The lowest BCUT2D eigenvalue weighted by Crippen LogP contribution is -2.46. The fraction of sp³-hybridized carbons (Fsp3) is 0.550. The molecular formula is C20H28N2O. The van der Waals surface area contributed by atoms with Crippen LogP contribution in [0.3, 0.4) is 0 Å². The van der Waals surface area contributed by atoms with Gasteiger partial charge in [0.2, 0.25) is 5.91 Å². The number of piperidine rings is 1. The van der Waals surface area contributed by atoms with Crippen LogP contribution in [0.2, 0.25) is 0 Å². The number of nitrogens with one attached hydrogen (secondary N) is 1.